The summed E-state index contributed by atoms with van der Waals surface area (Å²) in [5.74, 6) is -0.954. The number of esters is 1. The Morgan fingerprint density at radius 3 is 2.36 bits per heavy atom. The topological polar surface area (TPSA) is 52.6 Å². The van der Waals surface area contributed by atoms with E-state index in [1.165, 1.54) is 0 Å². The van der Waals surface area contributed by atoms with Gasteiger partial charge in [0.25, 0.3) is 0 Å². The van der Waals surface area contributed by atoms with Crippen LogP contribution in [0.3, 0.4) is 0 Å². The Labute approximate surface area is 64.8 Å². The first-order valence-electron chi connectivity index (χ1n) is 3.11. The highest BCUT2D eigenvalue weighted by Gasteiger charge is 2.13. The van der Waals surface area contributed by atoms with Gasteiger partial charge in [0.05, 0.1) is 12.2 Å². The summed E-state index contributed by atoms with van der Waals surface area (Å²) in [6.07, 6.45) is -0.144. The molecule has 0 fully saturated rings. The molecule has 0 aliphatic rings. The smallest absolute Gasteiger partial charge is 0.403 e. The van der Waals surface area contributed by atoms with Crippen molar-refractivity contribution in [3.63, 3.8) is 0 Å². The molecule has 0 aromatic heterocycles. The lowest BCUT2D eigenvalue weighted by atomic mass is 10.2. The summed E-state index contributed by atoms with van der Waals surface area (Å²) in [6, 6.07) is 0. The van der Waals surface area contributed by atoms with Gasteiger partial charge in [-0.05, 0) is 0 Å². The van der Waals surface area contributed by atoms with Crippen LogP contribution in [0.4, 0.5) is 4.79 Å². The molecule has 0 aromatic carbocycles. The van der Waals surface area contributed by atoms with Crippen molar-refractivity contribution in [2.45, 2.75) is 13.8 Å². The van der Waals surface area contributed by atoms with E-state index in [0.29, 0.717) is 0 Å². The molecular formula is C7H10O4. The molecular weight excluding hydrogens is 148 g/mol. The van der Waals surface area contributed by atoms with E-state index in [1.807, 2.05) is 0 Å². The van der Waals surface area contributed by atoms with E-state index in [1.54, 1.807) is 13.8 Å². The van der Waals surface area contributed by atoms with Crippen molar-refractivity contribution < 1.29 is 19.1 Å². The van der Waals surface area contributed by atoms with Gasteiger partial charge in [-0.1, -0.05) is 20.4 Å². The summed E-state index contributed by atoms with van der Waals surface area (Å²) in [5.41, 5.74) is 0. The number of hydrogen-bond acceptors (Lipinski definition) is 4. The van der Waals surface area contributed by atoms with Crippen LogP contribution in [-0.2, 0) is 14.3 Å². The summed E-state index contributed by atoms with van der Waals surface area (Å²) in [5, 5.41) is 0. The maximum atomic E-state index is 10.7. The zero-order valence-electron chi connectivity index (χ0n) is 6.49. The SMILES string of the molecule is C=COC(=O)OC(=O)C(C)C. The predicted octanol–water partition coefficient (Wildman–Crippen LogP) is 1.47. The number of carbonyl (C=O) groups excluding carboxylic acids is 2. The van der Waals surface area contributed by atoms with Crippen LogP contribution in [0.5, 0.6) is 0 Å². The predicted molar refractivity (Wildman–Crippen MR) is 37.6 cm³/mol. The Morgan fingerprint density at radius 2 is 2.00 bits per heavy atom. The molecule has 0 spiro atoms. The molecule has 0 N–H and O–H groups in total. The van der Waals surface area contributed by atoms with E-state index >= 15 is 0 Å². The summed E-state index contributed by atoms with van der Waals surface area (Å²) < 4.78 is 8.33. The van der Waals surface area contributed by atoms with Crippen LogP contribution in [-0.4, -0.2) is 12.1 Å². The minimum atomic E-state index is -1.04. The van der Waals surface area contributed by atoms with Gasteiger partial charge in [0.1, 0.15) is 0 Å². The first-order chi connectivity index (χ1) is 5.07. The summed E-state index contributed by atoms with van der Waals surface area (Å²) >= 11 is 0. The summed E-state index contributed by atoms with van der Waals surface area (Å²) in [7, 11) is 0. The fraction of sp³-hybridized carbons (Fsp3) is 0.429. The fourth-order valence-corrected chi connectivity index (χ4v) is 0.292. The van der Waals surface area contributed by atoms with Gasteiger partial charge < -0.3 is 9.47 Å². The maximum absolute atomic E-state index is 10.7. The van der Waals surface area contributed by atoms with Crippen LogP contribution < -0.4 is 0 Å². The molecule has 0 heterocycles. The zero-order chi connectivity index (χ0) is 8.85. The largest absolute Gasteiger partial charge is 0.521 e. The number of hydrogen-bond donors (Lipinski definition) is 0. The van der Waals surface area contributed by atoms with Gasteiger partial charge in [-0.3, -0.25) is 4.79 Å². The lowest BCUT2D eigenvalue weighted by molar-refractivity contribution is -0.142. The average Bonchev–Trinajstić information content (AvgIpc) is 1.87. The average molecular weight is 158 g/mol. The van der Waals surface area contributed by atoms with Crippen LogP contribution in [0.1, 0.15) is 13.8 Å². The lowest BCUT2D eigenvalue weighted by Gasteiger charge is -2.02. The van der Waals surface area contributed by atoms with Gasteiger partial charge >= 0.3 is 12.1 Å². The third kappa shape index (κ3) is 4.13. The maximum Gasteiger partial charge on any atom is 0.521 e. The van der Waals surface area contributed by atoms with Crippen LogP contribution in [0.25, 0.3) is 0 Å². The molecule has 0 radical (unpaired) electrons. The third-order valence-electron chi connectivity index (χ3n) is 0.835. The minimum Gasteiger partial charge on any atom is -0.403 e. The Hall–Kier alpha value is -1.32. The molecule has 0 saturated carbocycles. The van der Waals surface area contributed by atoms with Crippen molar-refractivity contribution in [3.8, 4) is 0 Å². The van der Waals surface area contributed by atoms with Gasteiger partial charge in [0.2, 0.25) is 0 Å². The molecule has 0 aliphatic carbocycles. The molecule has 0 amide bonds. The molecule has 0 aliphatic heterocycles. The van der Waals surface area contributed by atoms with Crippen molar-refractivity contribution in [2.75, 3.05) is 0 Å². The molecule has 11 heavy (non-hydrogen) atoms. The van der Waals surface area contributed by atoms with Crippen LogP contribution in [0, 0.1) is 5.92 Å². The second kappa shape index (κ2) is 4.49. The molecule has 0 aromatic rings. The molecule has 4 nitrogen and oxygen atoms in total. The van der Waals surface area contributed by atoms with Crippen molar-refractivity contribution >= 4 is 12.1 Å². The first kappa shape index (κ1) is 9.68. The quantitative estimate of drug-likeness (QED) is 0.347. The molecule has 4 heteroatoms. The molecule has 62 valence electrons. The number of rotatable bonds is 2. The summed E-state index contributed by atoms with van der Waals surface area (Å²) in [4.78, 5) is 21.1. The van der Waals surface area contributed by atoms with Gasteiger partial charge in [-0.15, -0.1) is 0 Å². The first-order valence-corrected chi connectivity index (χ1v) is 3.11. The monoisotopic (exact) mass is 158 g/mol. The minimum absolute atomic E-state index is 0.340. The molecule has 0 bridgehead atoms. The van der Waals surface area contributed by atoms with Gasteiger partial charge in [0.15, 0.2) is 0 Å². The lowest BCUT2D eigenvalue weighted by Crippen LogP contribution is -2.16. The molecule has 0 unspecified atom stereocenters. The Morgan fingerprint density at radius 1 is 1.45 bits per heavy atom. The van der Waals surface area contributed by atoms with Crippen molar-refractivity contribution in [1.82, 2.24) is 0 Å². The van der Waals surface area contributed by atoms with E-state index < -0.39 is 12.1 Å². The molecule has 0 rings (SSSR count). The Kier molecular flexibility index (Phi) is 3.95. The highest BCUT2D eigenvalue weighted by Crippen LogP contribution is 1.97. The van der Waals surface area contributed by atoms with Crippen molar-refractivity contribution in [1.29, 1.82) is 0 Å². The normalized spacial score (nSPS) is 9.00. The van der Waals surface area contributed by atoms with Crippen molar-refractivity contribution in [2.24, 2.45) is 5.92 Å². The number of ether oxygens (including phenoxy) is 2. The Balaban J connectivity index is 3.75. The van der Waals surface area contributed by atoms with Crippen molar-refractivity contribution in [3.05, 3.63) is 12.8 Å². The molecule has 0 saturated heterocycles. The van der Waals surface area contributed by atoms with E-state index in [4.69, 9.17) is 0 Å². The number of carbonyl (C=O) groups is 2. The zero-order valence-corrected chi connectivity index (χ0v) is 6.49. The van der Waals surface area contributed by atoms with E-state index in [0.717, 1.165) is 6.26 Å². The van der Waals surface area contributed by atoms with Crippen LogP contribution in [0.2, 0.25) is 0 Å². The second-order valence-electron chi connectivity index (χ2n) is 2.11. The Bertz CT molecular complexity index is 171. The highest BCUT2D eigenvalue weighted by atomic mass is 16.7. The highest BCUT2D eigenvalue weighted by molar-refractivity contribution is 5.83. The van der Waals surface area contributed by atoms with Gasteiger partial charge in [0, 0.05) is 0 Å². The second-order valence-corrected chi connectivity index (χ2v) is 2.11. The van der Waals surface area contributed by atoms with E-state index in [9.17, 15) is 9.59 Å². The van der Waals surface area contributed by atoms with E-state index in [2.05, 4.69) is 16.1 Å². The van der Waals surface area contributed by atoms with Crippen LogP contribution in [0.15, 0.2) is 12.8 Å². The standard InChI is InChI=1S/C7H10O4/c1-4-10-7(9)11-6(8)5(2)3/h4-5H,1H2,2-3H3. The fourth-order valence-electron chi connectivity index (χ4n) is 0.292. The molecule has 0 atom stereocenters. The van der Waals surface area contributed by atoms with Crippen LogP contribution >= 0.6 is 0 Å². The third-order valence-corrected chi connectivity index (χ3v) is 0.835. The summed E-state index contributed by atoms with van der Waals surface area (Å²) in [6.45, 7) is 6.35. The van der Waals surface area contributed by atoms with Gasteiger partial charge in [-0.2, -0.15) is 0 Å². The van der Waals surface area contributed by atoms with E-state index in [-0.39, 0.29) is 5.92 Å². The van der Waals surface area contributed by atoms with Gasteiger partial charge in [-0.25, -0.2) is 4.79 Å².